The molecule has 0 unspecified atom stereocenters. The second kappa shape index (κ2) is 6.97. The van der Waals surface area contributed by atoms with E-state index in [1.165, 1.54) is 25.7 Å². The zero-order chi connectivity index (χ0) is 15.4. The van der Waals surface area contributed by atoms with Gasteiger partial charge in [-0.25, -0.2) is 4.68 Å². The fourth-order valence-corrected chi connectivity index (χ4v) is 2.99. The number of amides is 1. The molecule has 0 spiro atoms. The Morgan fingerprint density at radius 2 is 1.82 bits per heavy atom. The minimum absolute atomic E-state index is 0.0351. The summed E-state index contributed by atoms with van der Waals surface area (Å²) in [5.41, 5.74) is 1.48. The Kier molecular flexibility index (Phi) is 4.78. The van der Waals surface area contributed by atoms with E-state index in [-0.39, 0.29) is 5.91 Å². The van der Waals surface area contributed by atoms with Crippen LogP contribution in [-0.4, -0.2) is 21.7 Å². The molecule has 1 N–H and O–H groups in total. The summed E-state index contributed by atoms with van der Waals surface area (Å²) >= 11 is 5.88. The summed E-state index contributed by atoms with van der Waals surface area (Å²) < 4.78 is 1.69. The predicted octanol–water partition coefficient (Wildman–Crippen LogP) is 3.98. The molecule has 22 heavy (non-hydrogen) atoms. The zero-order valence-corrected chi connectivity index (χ0v) is 13.2. The van der Waals surface area contributed by atoms with Gasteiger partial charge in [0.15, 0.2) is 0 Å². The van der Waals surface area contributed by atoms with Crippen LogP contribution in [0, 0.1) is 0 Å². The van der Waals surface area contributed by atoms with E-state index in [1.807, 2.05) is 24.3 Å². The van der Waals surface area contributed by atoms with Crippen LogP contribution < -0.4 is 5.32 Å². The van der Waals surface area contributed by atoms with Gasteiger partial charge >= 0.3 is 0 Å². The quantitative estimate of drug-likeness (QED) is 0.870. The number of aromatic nitrogens is 2. The van der Waals surface area contributed by atoms with Gasteiger partial charge in [0.2, 0.25) is 0 Å². The van der Waals surface area contributed by atoms with Gasteiger partial charge in [-0.05, 0) is 37.1 Å². The Hall–Kier alpha value is -1.81. The van der Waals surface area contributed by atoms with Gasteiger partial charge in [0.1, 0.15) is 0 Å². The molecule has 1 saturated carbocycles. The van der Waals surface area contributed by atoms with Crippen molar-refractivity contribution in [1.29, 1.82) is 0 Å². The number of carbonyl (C=O) groups is 1. The molecule has 116 valence electrons. The van der Waals surface area contributed by atoms with Gasteiger partial charge in [-0.15, -0.1) is 0 Å². The third-order valence-electron chi connectivity index (χ3n) is 4.13. The smallest absolute Gasteiger partial charge is 0.254 e. The molecule has 1 heterocycles. The number of halogens is 1. The van der Waals surface area contributed by atoms with Crippen molar-refractivity contribution in [3.05, 3.63) is 47.2 Å². The number of hydrogen-bond donors (Lipinski definition) is 1. The van der Waals surface area contributed by atoms with Gasteiger partial charge in [-0.1, -0.05) is 37.3 Å². The zero-order valence-electron chi connectivity index (χ0n) is 12.5. The molecule has 1 amide bonds. The predicted molar refractivity (Wildman–Crippen MR) is 87.5 cm³/mol. The third-order valence-corrected chi connectivity index (χ3v) is 4.38. The first-order chi connectivity index (χ1) is 10.7. The highest BCUT2D eigenvalue weighted by molar-refractivity contribution is 6.30. The summed E-state index contributed by atoms with van der Waals surface area (Å²) in [5.74, 6) is -0.0351. The summed E-state index contributed by atoms with van der Waals surface area (Å²) in [5, 5.41) is 8.08. The van der Waals surface area contributed by atoms with Crippen molar-refractivity contribution in [3.8, 4) is 5.69 Å². The van der Waals surface area contributed by atoms with E-state index >= 15 is 0 Å². The summed E-state index contributed by atoms with van der Waals surface area (Å²) in [7, 11) is 0. The highest BCUT2D eigenvalue weighted by Crippen LogP contribution is 2.18. The minimum atomic E-state index is -0.0351. The molecule has 0 aliphatic heterocycles. The van der Waals surface area contributed by atoms with E-state index < -0.39 is 0 Å². The molecule has 1 fully saturated rings. The summed E-state index contributed by atoms with van der Waals surface area (Å²) in [6.45, 7) is 0. The molecule has 1 aliphatic carbocycles. The second-order valence-corrected chi connectivity index (χ2v) is 6.25. The van der Waals surface area contributed by atoms with E-state index in [0.29, 0.717) is 16.6 Å². The van der Waals surface area contributed by atoms with Crippen LogP contribution in [0.2, 0.25) is 5.02 Å². The van der Waals surface area contributed by atoms with Crippen LogP contribution in [0.15, 0.2) is 36.7 Å². The lowest BCUT2D eigenvalue weighted by Crippen LogP contribution is -2.34. The van der Waals surface area contributed by atoms with E-state index in [1.54, 1.807) is 17.1 Å². The molecule has 1 aliphatic rings. The number of carbonyl (C=O) groups excluding carboxylic acids is 1. The molecular weight excluding hydrogens is 298 g/mol. The lowest BCUT2D eigenvalue weighted by molar-refractivity contribution is 0.0933. The molecule has 0 saturated heterocycles. The maximum atomic E-state index is 12.3. The number of benzene rings is 1. The Bertz CT molecular complexity index is 628. The molecule has 5 heteroatoms. The molecule has 1 aromatic heterocycles. The van der Waals surface area contributed by atoms with Crippen LogP contribution in [0.3, 0.4) is 0 Å². The number of nitrogens with zero attached hydrogens (tertiary/aromatic N) is 2. The summed E-state index contributed by atoms with van der Waals surface area (Å²) in [6.07, 6.45) is 10.5. The first-order valence-corrected chi connectivity index (χ1v) is 8.21. The van der Waals surface area contributed by atoms with Crippen molar-refractivity contribution in [1.82, 2.24) is 15.1 Å². The van der Waals surface area contributed by atoms with E-state index in [9.17, 15) is 4.79 Å². The van der Waals surface area contributed by atoms with E-state index in [2.05, 4.69) is 10.4 Å². The van der Waals surface area contributed by atoms with Crippen molar-refractivity contribution in [2.24, 2.45) is 0 Å². The first-order valence-electron chi connectivity index (χ1n) is 7.84. The Morgan fingerprint density at radius 3 is 2.50 bits per heavy atom. The van der Waals surface area contributed by atoms with Gasteiger partial charge in [0, 0.05) is 17.3 Å². The van der Waals surface area contributed by atoms with Crippen molar-refractivity contribution in [2.45, 2.75) is 44.6 Å². The number of nitrogens with one attached hydrogen (secondary N) is 1. The van der Waals surface area contributed by atoms with E-state index in [0.717, 1.165) is 18.5 Å². The lowest BCUT2D eigenvalue weighted by Gasteiger charge is -2.15. The first kappa shape index (κ1) is 15.1. The van der Waals surface area contributed by atoms with Crippen LogP contribution in [0.1, 0.15) is 48.9 Å². The third kappa shape index (κ3) is 3.69. The van der Waals surface area contributed by atoms with Crippen molar-refractivity contribution < 1.29 is 4.79 Å². The van der Waals surface area contributed by atoms with Crippen LogP contribution in [0.4, 0.5) is 0 Å². The number of rotatable bonds is 3. The normalized spacial score (nSPS) is 16.2. The average molecular weight is 318 g/mol. The van der Waals surface area contributed by atoms with Crippen molar-refractivity contribution >= 4 is 17.5 Å². The van der Waals surface area contributed by atoms with Gasteiger partial charge in [0.05, 0.1) is 17.4 Å². The molecule has 0 bridgehead atoms. The molecule has 2 aromatic rings. The highest BCUT2D eigenvalue weighted by Gasteiger charge is 2.17. The van der Waals surface area contributed by atoms with Gasteiger partial charge in [0.25, 0.3) is 5.91 Å². The molecule has 1 aromatic carbocycles. The highest BCUT2D eigenvalue weighted by atomic mass is 35.5. The number of hydrogen-bond acceptors (Lipinski definition) is 2. The van der Waals surface area contributed by atoms with E-state index in [4.69, 9.17) is 11.6 Å². The fraction of sp³-hybridized carbons (Fsp3) is 0.412. The van der Waals surface area contributed by atoms with Crippen LogP contribution in [0.25, 0.3) is 5.69 Å². The van der Waals surface area contributed by atoms with Crippen LogP contribution in [0.5, 0.6) is 0 Å². The molecule has 3 rings (SSSR count). The van der Waals surface area contributed by atoms with Crippen LogP contribution >= 0.6 is 11.6 Å². The SMILES string of the molecule is O=C(NC1CCCCCC1)c1cnn(-c2ccc(Cl)cc2)c1. The summed E-state index contributed by atoms with van der Waals surface area (Å²) in [6, 6.07) is 7.67. The minimum Gasteiger partial charge on any atom is -0.349 e. The Labute approximate surface area is 135 Å². The maximum Gasteiger partial charge on any atom is 0.254 e. The molecule has 0 radical (unpaired) electrons. The Morgan fingerprint density at radius 1 is 1.14 bits per heavy atom. The monoisotopic (exact) mass is 317 g/mol. The summed E-state index contributed by atoms with van der Waals surface area (Å²) in [4.78, 5) is 12.3. The average Bonchev–Trinajstić information content (AvgIpc) is 2.88. The molecule has 0 atom stereocenters. The Balaban J connectivity index is 1.67. The second-order valence-electron chi connectivity index (χ2n) is 5.81. The van der Waals surface area contributed by atoms with Gasteiger partial charge in [-0.3, -0.25) is 4.79 Å². The van der Waals surface area contributed by atoms with Gasteiger partial charge < -0.3 is 5.32 Å². The van der Waals surface area contributed by atoms with Gasteiger partial charge in [-0.2, -0.15) is 5.10 Å². The topological polar surface area (TPSA) is 46.9 Å². The maximum absolute atomic E-state index is 12.3. The van der Waals surface area contributed by atoms with Crippen molar-refractivity contribution in [2.75, 3.05) is 0 Å². The molecule has 4 nitrogen and oxygen atoms in total. The molecular formula is C17H20ClN3O. The van der Waals surface area contributed by atoms with Crippen LogP contribution in [-0.2, 0) is 0 Å². The lowest BCUT2D eigenvalue weighted by atomic mass is 10.1. The fourth-order valence-electron chi connectivity index (χ4n) is 2.87. The van der Waals surface area contributed by atoms with Crippen molar-refractivity contribution in [3.63, 3.8) is 0 Å². The standard InChI is InChI=1S/C17H20ClN3O/c18-14-7-9-16(10-8-14)21-12-13(11-19-21)17(22)20-15-5-3-1-2-4-6-15/h7-12,15H,1-6H2,(H,20,22). The largest absolute Gasteiger partial charge is 0.349 e.